The molecule has 1 saturated heterocycles. The lowest BCUT2D eigenvalue weighted by Crippen LogP contribution is -2.39. The lowest BCUT2D eigenvalue weighted by Gasteiger charge is -2.35. The Bertz CT molecular complexity index is 548. The molecule has 2 rings (SSSR count). The fourth-order valence-corrected chi connectivity index (χ4v) is 5.60. The summed E-state index contributed by atoms with van der Waals surface area (Å²) >= 11 is 1.56. The van der Waals surface area contributed by atoms with Crippen LogP contribution in [0.4, 0.5) is 0 Å². The Balaban J connectivity index is 2.11. The van der Waals surface area contributed by atoms with Crippen LogP contribution in [0.1, 0.15) is 23.4 Å². The molecule has 7 heteroatoms. The number of rotatable bonds is 6. The molecule has 0 saturated carbocycles. The van der Waals surface area contributed by atoms with E-state index in [1.807, 2.05) is 6.92 Å². The number of aryl methyl sites for hydroxylation is 2. The van der Waals surface area contributed by atoms with Gasteiger partial charge in [-0.2, -0.15) is 0 Å². The molecule has 1 unspecified atom stereocenters. The summed E-state index contributed by atoms with van der Waals surface area (Å²) < 4.78 is 23.3. The molecule has 20 heavy (non-hydrogen) atoms. The van der Waals surface area contributed by atoms with Crippen molar-refractivity contribution >= 4 is 21.2 Å². The van der Waals surface area contributed by atoms with Gasteiger partial charge in [-0.15, -0.1) is 11.3 Å². The average molecular weight is 319 g/mol. The number of hydrogen-bond donors (Lipinski definition) is 2. The molecular formula is C13H21NO4S2. The first-order chi connectivity index (χ1) is 9.42. The quantitative estimate of drug-likeness (QED) is 0.809. The number of hydrogen-bond acceptors (Lipinski definition) is 6. The molecule has 0 spiro atoms. The molecular weight excluding hydrogens is 298 g/mol. The van der Waals surface area contributed by atoms with Crippen LogP contribution in [-0.2, 0) is 16.3 Å². The Morgan fingerprint density at radius 2 is 2.15 bits per heavy atom. The van der Waals surface area contributed by atoms with Gasteiger partial charge in [-0.3, -0.25) is 0 Å². The lowest BCUT2D eigenvalue weighted by molar-refractivity contribution is 0.00550. The van der Waals surface area contributed by atoms with Crippen LogP contribution in [0.25, 0.3) is 0 Å². The molecule has 1 aliphatic heterocycles. The third kappa shape index (κ3) is 3.21. The zero-order chi connectivity index (χ0) is 14.8. The highest BCUT2D eigenvalue weighted by Gasteiger charge is 2.43. The second-order valence-electron chi connectivity index (χ2n) is 5.64. The SMILES string of the molecule is Cc1ncsc1CCC(CO)(CO)C1CCS(=O)(=O)C1. The second-order valence-corrected chi connectivity index (χ2v) is 8.81. The fourth-order valence-electron chi connectivity index (χ4n) is 2.88. The molecule has 2 heterocycles. The lowest BCUT2D eigenvalue weighted by atomic mass is 9.73. The monoisotopic (exact) mass is 319 g/mol. The van der Waals surface area contributed by atoms with Crippen molar-refractivity contribution in [2.24, 2.45) is 11.3 Å². The van der Waals surface area contributed by atoms with Gasteiger partial charge in [0, 0.05) is 10.3 Å². The molecule has 1 fully saturated rings. The maximum atomic E-state index is 11.6. The van der Waals surface area contributed by atoms with Gasteiger partial charge in [0.25, 0.3) is 0 Å². The van der Waals surface area contributed by atoms with Crippen molar-refractivity contribution in [3.05, 3.63) is 16.1 Å². The van der Waals surface area contributed by atoms with Crippen LogP contribution in [0.3, 0.4) is 0 Å². The Labute approximate surface area is 123 Å². The fraction of sp³-hybridized carbons (Fsp3) is 0.769. The first kappa shape index (κ1) is 15.9. The topological polar surface area (TPSA) is 87.5 Å². The third-order valence-electron chi connectivity index (χ3n) is 4.42. The van der Waals surface area contributed by atoms with Crippen LogP contribution in [0, 0.1) is 18.3 Å². The van der Waals surface area contributed by atoms with Crippen LogP contribution in [0.5, 0.6) is 0 Å². The van der Waals surface area contributed by atoms with Crippen molar-refractivity contribution in [3.8, 4) is 0 Å². The van der Waals surface area contributed by atoms with Crippen molar-refractivity contribution in [3.63, 3.8) is 0 Å². The van der Waals surface area contributed by atoms with Gasteiger partial charge in [-0.1, -0.05) is 0 Å². The van der Waals surface area contributed by atoms with Gasteiger partial charge in [-0.05, 0) is 32.1 Å². The van der Waals surface area contributed by atoms with Crippen molar-refractivity contribution in [1.29, 1.82) is 0 Å². The Hall–Kier alpha value is -0.500. The minimum Gasteiger partial charge on any atom is -0.396 e. The van der Waals surface area contributed by atoms with Crippen molar-refractivity contribution in [1.82, 2.24) is 4.98 Å². The van der Waals surface area contributed by atoms with Gasteiger partial charge in [0.05, 0.1) is 35.9 Å². The molecule has 5 nitrogen and oxygen atoms in total. The molecule has 1 aromatic rings. The summed E-state index contributed by atoms with van der Waals surface area (Å²) in [6, 6.07) is 0. The van der Waals surface area contributed by atoms with E-state index in [0.717, 1.165) is 10.6 Å². The summed E-state index contributed by atoms with van der Waals surface area (Å²) in [5.41, 5.74) is 2.04. The van der Waals surface area contributed by atoms with Gasteiger partial charge < -0.3 is 10.2 Å². The van der Waals surface area contributed by atoms with E-state index in [-0.39, 0.29) is 30.6 Å². The second kappa shape index (κ2) is 6.09. The molecule has 1 aromatic heterocycles. The highest BCUT2D eigenvalue weighted by Crippen LogP contribution is 2.39. The van der Waals surface area contributed by atoms with E-state index in [1.54, 1.807) is 16.8 Å². The Kier molecular flexibility index (Phi) is 4.84. The molecule has 0 bridgehead atoms. The first-order valence-electron chi connectivity index (χ1n) is 6.73. The van der Waals surface area contributed by atoms with E-state index in [2.05, 4.69) is 4.98 Å². The molecule has 2 N–H and O–H groups in total. The zero-order valence-electron chi connectivity index (χ0n) is 11.6. The van der Waals surface area contributed by atoms with Crippen molar-refractivity contribution < 1.29 is 18.6 Å². The number of sulfone groups is 1. The maximum absolute atomic E-state index is 11.6. The van der Waals surface area contributed by atoms with Gasteiger partial charge in [0.1, 0.15) is 0 Å². The van der Waals surface area contributed by atoms with Crippen LogP contribution in [0.15, 0.2) is 5.51 Å². The zero-order valence-corrected chi connectivity index (χ0v) is 13.2. The maximum Gasteiger partial charge on any atom is 0.150 e. The number of nitrogens with zero attached hydrogens (tertiary/aromatic N) is 1. The Morgan fingerprint density at radius 3 is 2.60 bits per heavy atom. The van der Waals surface area contributed by atoms with Gasteiger partial charge in [0.15, 0.2) is 9.84 Å². The van der Waals surface area contributed by atoms with Crippen LogP contribution < -0.4 is 0 Å². The Morgan fingerprint density at radius 1 is 1.45 bits per heavy atom. The number of aromatic nitrogens is 1. The number of aliphatic hydroxyl groups is 2. The van der Waals surface area contributed by atoms with Crippen molar-refractivity contribution in [2.45, 2.75) is 26.2 Å². The molecule has 0 aromatic carbocycles. The first-order valence-corrected chi connectivity index (χ1v) is 9.44. The largest absolute Gasteiger partial charge is 0.396 e. The highest BCUT2D eigenvalue weighted by molar-refractivity contribution is 7.91. The molecule has 1 aliphatic rings. The number of aliphatic hydroxyl groups excluding tert-OH is 2. The predicted octanol–water partition coefficient (Wildman–Crippen LogP) is 0.790. The van der Waals surface area contributed by atoms with Gasteiger partial charge >= 0.3 is 0 Å². The molecule has 114 valence electrons. The summed E-state index contributed by atoms with van der Waals surface area (Å²) in [7, 11) is -3.01. The van der Waals surface area contributed by atoms with Gasteiger partial charge in [-0.25, -0.2) is 13.4 Å². The van der Waals surface area contributed by atoms with E-state index in [0.29, 0.717) is 19.3 Å². The summed E-state index contributed by atoms with van der Waals surface area (Å²) in [4.78, 5) is 5.32. The van der Waals surface area contributed by atoms with E-state index in [9.17, 15) is 18.6 Å². The standard InChI is InChI=1S/C13H21NO4S2/c1-10-12(19-9-14-10)2-4-13(7-15,8-16)11-3-5-20(17,18)6-11/h9,11,15-16H,2-8H2,1H3. The smallest absolute Gasteiger partial charge is 0.150 e. The van der Waals surface area contributed by atoms with E-state index in [1.165, 1.54) is 0 Å². The molecule has 1 atom stereocenters. The summed E-state index contributed by atoms with van der Waals surface area (Å²) in [5.74, 6) is 0.0881. The summed E-state index contributed by atoms with van der Waals surface area (Å²) in [6.07, 6.45) is 1.84. The minimum absolute atomic E-state index is 0.0792. The van der Waals surface area contributed by atoms with Crippen LogP contribution in [0.2, 0.25) is 0 Å². The molecule has 0 aliphatic carbocycles. The number of thiazole rings is 1. The van der Waals surface area contributed by atoms with Gasteiger partial charge in [0.2, 0.25) is 0 Å². The van der Waals surface area contributed by atoms with Crippen LogP contribution in [-0.4, -0.2) is 48.3 Å². The van der Waals surface area contributed by atoms with Crippen molar-refractivity contribution in [2.75, 3.05) is 24.7 Å². The normalized spacial score (nSPS) is 22.2. The predicted molar refractivity (Wildman–Crippen MR) is 78.5 cm³/mol. The highest BCUT2D eigenvalue weighted by atomic mass is 32.2. The summed E-state index contributed by atoms with van der Waals surface area (Å²) in [6.45, 7) is 1.58. The third-order valence-corrected chi connectivity index (χ3v) is 7.19. The minimum atomic E-state index is -3.01. The van der Waals surface area contributed by atoms with E-state index >= 15 is 0 Å². The summed E-state index contributed by atoms with van der Waals surface area (Å²) in [5, 5.41) is 19.5. The van der Waals surface area contributed by atoms with E-state index in [4.69, 9.17) is 0 Å². The molecule has 0 radical (unpaired) electrons. The van der Waals surface area contributed by atoms with Crippen LogP contribution >= 0.6 is 11.3 Å². The van der Waals surface area contributed by atoms with E-state index < -0.39 is 15.3 Å². The average Bonchev–Trinajstić information content (AvgIpc) is 2.98. The molecule has 0 amide bonds.